The molecule has 1 amide bonds. The van der Waals surface area contributed by atoms with Crippen molar-refractivity contribution in [3.8, 4) is 11.5 Å². The Morgan fingerprint density at radius 2 is 1.94 bits per heavy atom. The largest absolute Gasteiger partial charge is 0.493 e. The molecule has 0 spiro atoms. The molecular formula is C25H19ClN2O5S. The van der Waals surface area contributed by atoms with Crippen LogP contribution in [-0.2, 0) is 11.4 Å². The van der Waals surface area contributed by atoms with Crippen molar-refractivity contribution in [1.29, 1.82) is 0 Å². The van der Waals surface area contributed by atoms with Crippen LogP contribution in [0.2, 0.25) is 5.02 Å². The molecule has 0 radical (unpaired) electrons. The number of carbonyl (C=O) groups is 2. The number of carboxylic acids is 1. The number of amides is 1. The zero-order chi connectivity index (χ0) is 24.1. The van der Waals surface area contributed by atoms with E-state index in [-0.39, 0.29) is 18.1 Å². The van der Waals surface area contributed by atoms with Crippen LogP contribution in [0.25, 0.3) is 6.08 Å². The van der Waals surface area contributed by atoms with Crippen LogP contribution in [0.4, 0.5) is 5.69 Å². The van der Waals surface area contributed by atoms with Gasteiger partial charge in [0.1, 0.15) is 6.61 Å². The molecule has 2 N–H and O–H groups in total. The first kappa shape index (κ1) is 23.4. The van der Waals surface area contributed by atoms with Gasteiger partial charge in [0.2, 0.25) is 0 Å². The monoisotopic (exact) mass is 494 g/mol. The van der Waals surface area contributed by atoms with Gasteiger partial charge in [-0.15, -0.1) is 0 Å². The summed E-state index contributed by atoms with van der Waals surface area (Å²) in [6, 6.07) is 18.9. The summed E-state index contributed by atoms with van der Waals surface area (Å²) in [7, 11) is 1.52. The Hall–Kier alpha value is -3.75. The van der Waals surface area contributed by atoms with E-state index in [9.17, 15) is 9.59 Å². The molecule has 0 aliphatic carbocycles. The van der Waals surface area contributed by atoms with Crippen molar-refractivity contribution >= 4 is 52.2 Å². The summed E-state index contributed by atoms with van der Waals surface area (Å²) in [4.78, 5) is 28.5. The molecule has 7 nitrogen and oxygen atoms in total. The van der Waals surface area contributed by atoms with Crippen molar-refractivity contribution in [2.75, 3.05) is 7.11 Å². The molecule has 0 saturated carbocycles. The highest BCUT2D eigenvalue weighted by molar-refractivity contribution is 8.18. The van der Waals surface area contributed by atoms with E-state index in [1.54, 1.807) is 66.7 Å². The zero-order valence-corrected chi connectivity index (χ0v) is 19.5. The highest BCUT2D eigenvalue weighted by atomic mass is 35.5. The number of carbonyl (C=O) groups excluding carboxylic acids is 1. The molecule has 1 heterocycles. The smallest absolute Gasteiger partial charge is 0.335 e. The predicted molar refractivity (Wildman–Crippen MR) is 133 cm³/mol. The lowest BCUT2D eigenvalue weighted by Crippen LogP contribution is -2.19. The van der Waals surface area contributed by atoms with Gasteiger partial charge in [-0.2, -0.15) is 0 Å². The molecule has 0 aromatic heterocycles. The fourth-order valence-corrected chi connectivity index (χ4v) is 4.17. The summed E-state index contributed by atoms with van der Waals surface area (Å²) in [5, 5.41) is 12.9. The number of nitrogens with zero attached hydrogens (tertiary/aromatic N) is 1. The van der Waals surface area contributed by atoms with E-state index in [1.807, 2.05) is 0 Å². The first-order valence-corrected chi connectivity index (χ1v) is 11.3. The minimum absolute atomic E-state index is 0.180. The average molecular weight is 495 g/mol. The van der Waals surface area contributed by atoms with Gasteiger partial charge in [-0.25, -0.2) is 9.79 Å². The Labute approximate surface area is 205 Å². The fraction of sp³-hybridized carbons (Fsp3) is 0.0800. The van der Waals surface area contributed by atoms with Crippen LogP contribution in [-0.4, -0.2) is 29.3 Å². The van der Waals surface area contributed by atoms with E-state index in [0.717, 1.165) is 11.1 Å². The minimum atomic E-state index is -0.994. The van der Waals surface area contributed by atoms with Gasteiger partial charge in [0.25, 0.3) is 5.91 Å². The standard InChI is InChI=1S/C25H19ClN2O5S/c1-32-21-11-15(8-9-20(21)33-14-16-4-2-5-17(10-16)24(30)31)12-22-23(29)28-25(34-22)27-19-7-3-6-18(26)13-19/h2-13H,14H2,1H3,(H,30,31)(H,27,28,29). The maximum Gasteiger partial charge on any atom is 0.335 e. The summed E-state index contributed by atoms with van der Waals surface area (Å²) in [5.74, 6) is -0.258. The second-order valence-corrected chi connectivity index (χ2v) is 8.63. The van der Waals surface area contributed by atoms with Gasteiger partial charge in [-0.05, 0) is 71.4 Å². The third kappa shape index (κ3) is 5.78. The number of methoxy groups -OCH3 is 1. The number of aliphatic imine (C=N–C) groups is 1. The van der Waals surface area contributed by atoms with Gasteiger partial charge in [0, 0.05) is 5.02 Å². The summed E-state index contributed by atoms with van der Waals surface area (Å²) < 4.78 is 11.3. The Kier molecular flexibility index (Phi) is 7.20. The minimum Gasteiger partial charge on any atom is -0.493 e. The van der Waals surface area contributed by atoms with Gasteiger partial charge in [0.05, 0.1) is 23.3 Å². The molecule has 0 bridgehead atoms. The van der Waals surface area contributed by atoms with Gasteiger partial charge in [0.15, 0.2) is 16.7 Å². The Morgan fingerprint density at radius 1 is 1.12 bits per heavy atom. The van der Waals surface area contributed by atoms with Gasteiger partial charge in [-0.1, -0.05) is 35.9 Å². The molecule has 0 atom stereocenters. The summed E-state index contributed by atoms with van der Waals surface area (Å²) >= 11 is 7.22. The maximum atomic E-state index is 12.4. The van der Waals surface area contributed by atoms with E-state index in [4.69, 9.17) is 26.2 Å². The highest BCUT2D eigenvalue weighted by Crippen LogP contribution is 2.33. The maximum absolute atomic E-state index is 12.4. The van der Waals surface area contributed by atoms with E-state index < -0.39 is 5.97 Å². The first-order valence-electron chi connectivity index (χ1n) is 10.1. The number of nitrogens with one attached hydrogen (secondary N) is 1. The number of amidine groups is 1. The van der Waals surface area contributed by atoms with Crippen LogP contribution < -0.4 is 14.8 Å². The van der Waals surface area contributed by atoms with E-state index in [2.05, 4.69) is 10.3 Å². The van der Waals surface area contributed by atoms with Crippen molar-refractivity contribution in [1.82, 2.24) is 5.32 Å². The molecule has 1 aliphatic heterocycles. The number of carboxylic acid groups (broad SMARTS) is 1. The predicted octanol–water partition coefficient (Wildman–Crippen LogP) is 5.52. The lowest BCUT2D eigenvalue weighted by molar-refractivity contribution is -0.115. The zero-order valence-electron chi connectivity index (χ0n) is 17.9. The third-order valence-electron chi connectivity index (χ3n) is 4.74. The second kappa shape index (κ2) is 10.5. The van der Waals surface area contributed by atoms with Crippen LogP contribution in [0.3, 0.4) is 0 Å². The summed E-state index contributed by atoms with van der Waals surface area (Å²) in [6.07, 6.45) is 1.74. The molecule has 34 heavy (non-hydrogen) atoms. The number of rotatable bonds is 7. The lowest BCUT2D eigenvalue weighted by atomic mass is 10.1. The number of ether oxygens (including phenoxy) is 2. The summed E-state index contributed by atoms with van der Waals surface area (Å²) in [6.45, 7) is 0.180. The Bertz CT molecular complexity index is 1320. The Balaban J connectivity index is 1.48. The fourth-order valence-electron chi connectivity index (χ4n) is 3.14. The lowest BCUT2D eigenvalue weighted by Gasteiger charge is -2.12. The number of halogens is 1. The van der Waals surface area contributed by atoms with Crippen LogP contribution >= 0.6 is 23.4 Å². The highest BCUT2D eigenvalue weighted by Gasteiger charge is 2.24. The van der Waals surface area contributed by atoms with Crippen LogP contribution in [0.15, 0.2) is 76.6 Å². The van der Waals surface area contributed by atoms with Crippen LogP contribution in [0, 0.1) is 0 Å². The van der Waals surface area contributed by atoms with Crippen molar-refractivity contribution < 1.29 is 24.2 Å². The van der Waals surface area contributed by atoms with Gasteiger partial charge < -0.3 is 19.9 Å². The Morgan fingerprint density at radius 3 is 2.71 bits per heavy atom. The van der Waals surface area contributed by atoms with Crippen LogP contribution in [0.1, 0.15) is 21.5 Å². The van der Waals surface area contributed by atoms with Gasteiger partial charge in [-0.3, -0.25) is 4.79 Å². The van der Waals surface area contributed by atoms with E-state index in [0.29, 0.717) is 32.3 Å². The molecule has 3 aromatic rings. The topological polar surface area (TPSA) is 97.2 Å². The second-order valence-electron chi connectivity index (χ2n) is 7.17. The van der Waals surface area contributed by atoms with Crippen molar-refractivity contribution in [2.45, 2.75) is 6.61 Å². The van der Waals surface area contributed by atoms with Crippen LogP contribution in [0.5, 0.6) is 11.5 Å². The molecule has 4 rings (SSSR count). The first-order chi connectivity index (χ1) is 16.4. The number of aromatic carboxylic acids is 1. The molecular weight excluding hydrogens is 476 g/mol. The molecule has 0 unspecified atom stereocenters. The molecule has 1 fully saturated rings. The molecule has 1 aliphatic rings. The van der Waals surface area contributed by atoms with Crippen molar-refractivity contribution in [3.05, 3.63) is 93.3 Å². The number of hydrogen-bond donors (Lipinski definition) is 2. The SMILES string of the molecule is COc1cc(C=C2SC(=Nc3cccc(Cl)c3)NC2=O)ccc1OCc1cccc(C(=O)O)c1. The van der Waals surface area contributed by atoms with Crippen molar-refractivity contribution in [2.24, 2.45) is 4.99 Å². The summed E-state index contributed by atoms with van der Waals surface area (Å²) in [5.41, 5.74) is 2.31. The molecule has 3 aromatic carbocycles. The van der Waals surface area contributed by atoms with Gasteiger partial charge >= 0.3 is 5.97 Å². The third-order valence-corrected chi connectivity index (χ3v) is 5.89. The normalized spacial score (nSPS) is 15.4. The number of thioether (sulfide) groups is 1. The van der Waals surface area contributed by atoms with E-state index >= 15 is 0 Å². The number of hydrogen-bond acceptors (Lipinski definition) is 6. The molecule has 9 heteroatoms. The van der Waals surface area contributed by atoms with E-state index in [1.165, 1.54) is 24.9 Å². The van der Waals surface area contributed by atoms with Crippen molar-refractivity contribution in [3.63, 3.8) is 0 Å². The quantitative estimate of drug-likeness (QED) is 0.420. The molecule has 1 saturated heterocycles. The molecule has 172 valence electrons. The average Bonchev–Trinajstić information content (AvgIpc) is 3.16. The number of benzene rings is 3.